The Labute approximate surface area is 149 Å². The third kappa shape index (κ3) is 4.83. The van der Waals surface area contributed by atoms with Gasteiger partial charge in [0.15, 0.2) is 9.84 Å². The van der Waals surface area contributed by atoms with Gasteiger partial charge in [-0.1, -0.05) is 33.1 Å². The van der Waals surface area contributed by atoms with Gasteiger partial charge in [-0.05, 0) is 30.9 Å². The molecule has 1 atom stereocenters. The molecule has 1 fully saturated rings. The van der Waals surface area contributed by atoms with Gasteiger partial charge in [0, 0.05) is 0 Å². The average Bonchev–Trinajstić information content (AvgIpc) is 2.50. The molecule has 1 heterocycles. The zero-order valence-electron chi connectivity index (χ0n) is 14.1. The van der Waals surface area contributed by atoms with Crippen molar-refractivity contribution < 1.29 is 13.2 Å². The van der Waals surface area contributed by atoms with Crippen molar-refractivity contribution in [3.8, 4) is 0 Å². The van der Waals surface area contributed by atoms with E-state index in [4.69, 9.17) is 5.73 Å². The molecule has 1 amide bonds. The lowest BCUT2D eigenvalue weighted by molar-refractivity contribution is -0.116. The Kier molecular flexibility index (Phi) is 7.48. The second-order valence-electron chi connectivity index (χ2n) is 6.47. The largest absolute Gasteiger partial charge is 0.384 e. The molecule has 1 saturated carbocycles. The number of carbonyl (C=O) groups is 1. The number of nitrogens with zero attached hydrogens (tertiary/aromatic N) is 1. The van der Waals surface area contributed by atoms with Crippen LogP contribution >= 0.6 is 12.4 Å². The summed E-state index contributed by atoms with van der Waals surface area (Å²) in [6.07, 6.45) is 5.64. The predicted molar refractivity (Wildman–Crippen MR) is 98.9 cm³/mol. The number of nitrogens with one attached hydrogen (secondary N) is 1. The molecule has 24 heavy (non-hydrogen) atoms. The van der Waals surface area contributed by atoms with Gasteiger partial charge in [-0.3, -0.25) is 4.79 Å². The lowest BCUT2D eigenvalue weighted by Gasteiger charge is -2.28. The molecular weight excluding hydrogens is 350 g/mol. The standard InChI is InChI=1S/C16H25N3O3S.ClH/c1-11(2)15(23(21,22)13-6-4-3-5-7-13)16(20)19-12-8-9-14(17)18-10-12;/h8-11,13,15H,3-7H2,1-2H3,(H2,17,18)(H,19,20);1H. The smallest absolute Gasteiger partial charge is 0.243 e. The SMILES string of the molecule is CC(C)C(C(=O)Nc1ccc(N)nc1)S(=O)(=O)C1CCCCC1.Cl. The maximum Gasteiger partial charge on any atom is 0.243 e. The zero-order valence-corrected chi connectivity index (χ0v) is 15.7. The average molecular weight is 376 g/mol. The molecule has 0 aromatic carbocycles. The third-order valence-electron chi connectivity index (χ3n) is 4.29. The summed E-state index contributed by atoms with van der Waals surface area (Å²) in [4.78, 5) is 16.5. The molecule has 3 N–H and O–H groups in total. The number of hydrogen-bond acceptors (Lipinski definition) is 5. The van der Waals surface area contributed by atoms with Crippen LogP contribution in [-0.4, -0.2) is 29.8 Å². The Morgan fingerprint density at radius 2 is 1.88 bits per heavy atom. The first-order valence-electron chi connectivity index (χ1n) is 8.07. The number of aromatic nitrogens is 1. The number of rotatable bonds is 5. The van der Waals surface area contributed by atoms with Gasteiger partial charge in [0.2, 0.25) is 5.91 Å². The molecule has 2 rings (SSSR count). The van der Waals surface area contributed by atoms with Crippen LogP contribution in [0.2, 0.25) is 0 Å². The summed E-state index contributed by atoms with van der Waals surface area (Å²) < 4.78 is 25.8. The number of sulfone groups is 1. The summed E-state index contributed by atoms with van der Waals surface area (Å²) in [5.41, 5.74) is 5.97. The van der Waals surface area contributed by atoms with E-state index in [1.54, 1.807) is 26.0 Å². The van der Waals surface area contributed by atoms with Gasteiger partial charge < -0.3 is 11.1 Å². The normalized spacial score (nSPS) is 17.1. The number of pyridine rings is 1. The van der Waals surface area contributed by atoms with Crippen LogP contribution in [0.25, 0.3) is 0 Å². The summed E-state index contributed by atoms with van der Waals surface area (Å²) in [5, 5.41) is 1.22. The van der Waals surface area contributed by atoms with Gasteiger partial charge in [-0.25, -0.2) is 13.4 Å². The van der Waals surface area contributed by atoms with E-state index in [0.717, 1.165) is 19.3 Å². The first-order chi connectivity index (χ1) is 10.8. The van der Waals surface area contributed by atoms with Gasteiger partial charge in [0.1, 0.15) is 11.1 Å². The minimum atomic E-state index is -3.51. The van der Waals surface area contributed by atoms with Crippen LogP contribution in [0, 0.1) is 5.92 Å². The molecular formula is C16H26ClN3O3S. The Balaban J connectivity index is 0.00000288. The molecule has 0 radical (unpaired) electrons. The minimum Gasteiger partial charge on any atom is -0.384 e. The molecule has 6 nitrogen and oxygen atoms in total. The van der Waals surface area contributed by atoms with E-state index in [-0.39, 0.29) is 18.3 Å². The van der Waals surface area contributed by atoms with Gasteiger partial charge in [0.05, 0.1) is 17.1 Å². The molecule has 1 unspecified atom stereocenters. The second-order valence-corrected chi connectivity index (χ2v) is 8.83. The molecule has 8 heteroatoms. The maximum atomic E-state index is 12.9. The van der Waals surface area contributed by atoms with Crippen LogP contribution in [0.1, 0.15) is 46.0 Å². The predicted octanol–water partition coefficient (Wildman–Crippen LogP) is 2.80. The number of nitrogens with two attached hydrogens (primary N) is 1. The molecule has 0 spiro atoms. The summed E-state index contributed by atoms with van der Waals surface area (Å²) in [7, 11) is -3.51. The van der Waals surface area contributed by atoms with E-state index in [0.29, 0.717) is 24.3 Å². The fraction of sp³-hybridized carbons (Fsp3) is 0.625. The molecule has 0 saturated heterocycles. The molecule has 0 bridgehead atoms. The molecule has 1 aliphatic carbocycles. The van der Waals surface area contributed by atoms with Crippen LogP contribution < -0.4 is 11.1 Å². The number of nitrogen functional groups attached to an aromatic ring is 1. The molecule has 1 aliphatic rings. The number of halogens is 1. The lowest BCUT2D eigenvalue weighted by atomic mass is 10.0. The zero-order chi connectivity index (χ0) is 17.0. The first-order valence-corrected chi connectivity index (χ1v) is 9.68. The van der Waals surface area contributed by atoms with E-state index >= 15 is 0 Å². The molecule has 136 valence electrons. The summed E-state index contributed by atoms with van der Waals surface area (Å²) in [5.74, 6) is -0.431. The highest BCUT2D eigenvalue weighted by Crippen LogP contribution is 2.29. The van der Waals surface area contributed by atoms with Crippen LogP contribution in [0.15, 0.2) is 18.3 Å². The van der Waals surface area contributed by atoms with Crippen LogP contribution in [0.4, 0.5) is 11.5 Å². The van der Waals surface area contributed by atoms with E-state index < -0.39 is 26.2 Å². The van der Waals surface area contributed by atoms with Crippen molar-refractivity contribution in [3.63, 3.8) is 0 Å². The van der Waals surface area contributed by atoms with Crippen molar-refractivity contribution >= 4 is 39.7 Å². The van der Waals surface area contributed by atoms with Crippen molar-refractivity contribution in [2.75, 3.05) is 11.1 Å². The highest BCUT2D eigenvalue weighted by Gasteiger charge is 2.41. The van der Waals surface area contributed by atoms with Crippen LogP contribution in [0.3, 0.4) is 0 Å². The Morgan fingerprint density at radius 1 is 1.25 bits per heavy atom. The fourth-order valence-corrected chi connectivity index (χ4v) is 5.65. The fourth-order valence-electron chi connectivity index (χ4n) is 3.12. The van der Waals surface area contributed by atoms with Crippen molar-refractivity contribution in [2.45, 2.75) is 56.5 Å². The molecule has 1 aromatic rings. The van der Waals surface area contributed by atoms with Crippen LogP contribution in [-0.2, 0) is 14.6 Å². The monoisotopic (exact) mass is 375 g/mol. The first kappa shape index (κ1) is 20.7. The minimum absolute atomic E-state index is 0. The highest BCUT2D eigenvalue weighted by atomic mass is 35.5. The van der Waals surface area contributed by atoms with Crippen molar-refractivity contribution in [3.05, 3.63) is 18.3 Å². The van der Waals surface area contributed by atoms with Crippen molar-refractivity contribution in [2.24, 2.45) is 5.92 Å². The second kappa shape index (κ2) is 8.67. The van der Waals surface area contributed by atoms with Crippen LogP contribution in [0.5, 0.6) is 0 Å². The molecule has 0 aliphatic heterocycles. The Bertz CT molecular complexity index is 641. The van der Waals surface area contributed by atoms with Crippen molar-refractivity contribution in [1.82, 2.24) is 4.98 Å². The number of carbonyl (C=O) groups excluding carboxylic acids is 1. The van der Waals surface area contributed by atoms with Gasteiger partial charge in [-0.15, -0.1) is 12.4 Å². The number of anilines is 2. The van der Waals surface area contributed by atoms with E-state index in [2.05, 4.69) is 10.3 Å². The van der Waals surface area contributed by atoms with E-state index in [9.17, 15) is 13.2 Å². The summed E-state index contributed by atoms with van der Waals surface area (Å²) in [6.45, 7) is 3.54. The maximum absolute atomic E-state index is 12.9. The van der Waals surface area contributed by atoms with Crippen molar-refractivity contribution in [1.29, 1.82) is 0 Å². The Hall–Kier alpha value is -1.34. The highest BCUT2D eigenvalue weighted by molar-refractivity contribution is 7.93. The van der Waals surface area contributed by atoms with Gasteiger partial charge >= 0.3 is 0 Å². The van der Waals surface area contributed by atoms with Gasteiger partial charge in [0.25, 0.3) is 0 Å². The quantitative estimate of drug-likeness (QED) is 0.823. The number of hydrogen-bond donors (Lipinski definition) is 2. The summed E-state index contributed by atoms with van der Waals surface area (Å²) in [6, 6.07) is 3.18. The lowest BCUT2D eigenvalue weighted by Crippen LogP contribution is -2.44. The topological polar surface area (TPSA) is 102 Å². The third-order valence-corrected chi connectivity index (χ3v) is 7.16. The summed E-state index contributed by atoms with van der Waals surface area (Å²) >= 11 is 0. The van der Waals surface area contributed by atoms with E-state index in [1.807, 2.05) is 0 Å². The van der Waals surface area contributed by atoms with E-state index in [1.165, 1.54) is 6.20 Å². The Morgan fingerprint density at radius 3 is 2.38 bits per heavy atom. The number of amides is 1. The molecule has 1 aromatic heterocycles. The van der Waals surface area contributed by atoms with Gasteiger partial charge in [-0.2, -0.15) is 0 Å².